The second-order valence-corrected chi connectivity index (χ2v) is 9.12. The van der Waals surface area contributed by atoms with E-state index in [2.05, 4.69) is 43.0 Å². The lowest BCUT2D eigenvalue weighted by Gasteiger charge is -2.41. The number of nitrogens with zero attached hydrogens (tertiary/aromatic N) is 4. The third-order valence-corrected chi connectivity index (χ3v) is 5.07. The molecule has 0 unspecified atom stereocenters. The Morgan fingerprint density at radius 2 is 2.00 bits per heavy atom. The molecule has 9 heteroatoms. The molecule has 1 aliphatic heterocycles. The third-order valence-electron chi connectivity index (χ3n) is 4.63. The summed E-state index contributed by atoms with van der Waals surface area (Å²) >= 11 is 3.42. The molecule has 8 nitrogen and oxygen atoms in total. The topological polar surface area (TPSA) is 79.8 Å². The molecule has 1 atom stereocenters. The zero-order valence-electron chi connectivity index (χ0n) is 18.0. The second kappa shape index (κ2) is 9.07. The van der Waals surface area contributed by atoms with E-state index in [9.17, 15) is 4.79 Å². The number of pyridine rings is 2. The molecule has 1 aliphatic rings. The number of hydrogen-bond donors (Lipinski definition) is 1. The predicted molar refractivity (Wildman–Crippen MR) is 121 cm³/mol. The van der Waals surface area contributed by atoms with Crippen LogP contribution in [0.1, 0.15) is 27.7 Å². The fourth-order valence-corrected chi connectivity index (χ4v) is 3.61. The number of rotatable bonds is 4. The van der Waals surface area contributed by atoms with Crippen molar-refractivity contribution in [1.29, 1.82) is 0 Å². The van der Waals surface area contributed by atoms with E-state index in [0.717, 1.165) is 22.4 Å². The first-order chi connectivity index (χ1) is 14.2. The average molecular weight is 478 g/mol. The van der Waals surface area contributed by atoms with Gasteiger partial charge in [-0.05, 0) is 61.8 Å². The number of aromatic nitrogens is 2. The van der Waals surface area contributed by atoms with Crippen LogP contribution in [-0.4, -0.2) is 59.3 Å². The molecule has 162 valence electrons. The first kappa shape index (κ1) is 22.1. The molecule has 0 spiro atoms. The first-order valence-electron chi connectivity index (χ1n) is 9.83. The minimum absolute atomic E-state index is 0.154. The van der Waals surface area contributed by atoms with Gasteiger partial charge in [0.15, 0.2) is 0 Å². The minimum Gasteiger partial charge on any atom is -0.480 e. The molecular weight excluding hydrogens is 450 g/mol. The SMILES string of the molecule is COc1ncc(Br)cc1Nc1ccc(N2CCN(C(=O)OC(C)(C)C)C[C@@H]2C)cn1. The molecule has 3 rings (SSSR count). The zero-order chi connectivity index (χ0) is 21.9. The molecule has 1 amide bonds. The van der Waals surface area contributed by atoms with Crippen molar-refractivity contribution in [3.05, 3.63) is 35.1 Å². The lowest BCUT2D eigenvalue weighted by atomic mass is 10.1. The van der Waals surface area contributed by atoms with E-state index in [0.29, 0.717) is 24.8 Å². The number of carbonyl (C=O) groups is 1. The zero-order valence-corrected chi connectivity index (χ0v) is 19.6. The monoisotopic (exact) mass is 477 g/mol. The molecule has 0 aliphatic carbocycles. The van der Waals surface area contributed by atoms with Gasteiger partial charge in [-0.2, -0.15) is 0 Å². The Bertz CT molecular complexity index is 885. The fraction of sp³-hybridized carbons (Fsp3) is 0.476. The summed E-state index contributed by atoms with van der Waals surface area (Å²) in [5.74, 6) is 1.19. The van der Waals surface area contributed by atoms with Crippen LogP contribution in [0.15, 0.2) is 35.1 Å². The highest BCUT2D eigenvalue weighted by atomic mass is 79.9. The quantitative estimate of drug-likeness (QED) is 0.696. The number of hydrogen-bond acceptors (Lipinski definition) is 7. The molecule has 2 aromatic rings. The molecule has 1 N–H and O–H groups in total. The van der Waals surface area contributed by atoms with E-state index >= 15 is 0 Å². The molecule has 0 bridgehead atoms. The minimum atomic E-state index is -0.489. The van der Waals surface area contributed by atoms with Crippen LogP contribution in [0, 0.1) is 0 Å². The van der Waals surface area contributed by atoms with Crippen molar-refractivity contribution in [2.45, 2.75) is 39.3 Å². The van der Waals surface area contributed by atoms with Crippen LogP contribution in [0.25, 0.3) is 0 Å². The summed E-state index contributed by atoms with van der Waals surface area (Å²) in [6.45, 7) is 9.68. The number of nitrogens with one attached hydrogen (secondary N) is 1. The Labute approximate surface area is 185 Å². The van der Waals surface area contributed by atoms with Crippen LogP contribution >= 0.6 is 15.9 Å². The molecule has 0 radical (unpaired) electrons. The standard InChI is InChI=1S/C21H28BrN5O3/c1-14-13-26(20(28)30-21(2,3)4)8-9-27(14)16-6-7-18(23-12-16)25-17-10-15(22)11-24-19(17)29-5/h6-7,10-12,14H,8-9,13H2,1-5H3,(H,23,25)/t14-/m0/s1. The maximum Gasteiger partial charge on any atom is 0.410 e. The van der Waals surface area contributed by atoms with Crippen molar-refractivity contribution in [3.8, 4) is 5.88 Å². The van der Waals surface area contributed by atoms with Gasteiger partial charge in [-0.3, -0.25) is 0 Å². The molecule has 0 aromatic carbocycles. The fourth-order valence-electron chi connectivity index (χ4n) is 3.28. The Balaban J connectivity index is 1.64. The number of halogens is 1. The number of carbonyl (C=O) groups excluding carboxylic acids is 1. The van der Waals surface area contributed by atoms with Gasteiger partial charge in [0.1, 0.15) is 17.1 Å². The van der Waals surface area contributed by atoms with Gasteiger partial charge in [-0.15, -0.1) is 0 Å². The Morgan fingerprint density at radius 3 is 2.60 bits per heavy atom. The molecule has 1 saturated heterocycles. The van der Waals surface area contributed by atoms with Gasteiger partial charge in [-0.25, -0.2) is 14.8 Å². The van der Waals surface area contributed by atoms with E-state index in [-0.39, 0.29) is 12.1 Å². The molecule has 2 aromatic heterocycles. The number of ether oxygens (including phenoxy) is 2. The van der Waals surface area contributed by atoms with Gasteiger partial charge in [0.2, 0.25) is 5.88 Å². The summed E-state index contributed by atoms with van der Waals surface area (Å²) < 4.78 is 11.6. The summed E-state index contributed by atoms with van der Waals surface area (Å²) in [6, 6.07) is 5.98. The smallest absolute Gasteiger partial charge is 0.410 e. The Hall–Kier alpha value is -2.55. The third kappa shape index (κ3) is 5.53. The highest BCUT2D eigenvalue weighted by molar-refractivity contribution is 9.10. The predicted octanol–water partition coefficient (Wildman–Crippen LogP) is 4.44. The largest absolute Gasteiger partial charge is 0.480 e. The van der Waals surface area contributed by atoms with Gasteiger partial charge in [0.05, 0.1) is 19.0 Å². The number of piperazine rings is 1. The van der Waals surface area contributed by atoms with E-state index < -0.39 is 5.60 Å². The van der Waals surface area contributed by atoms with Crippen LogP contribution in [0.2, 0.25) is 0 Å². The maximum atomic E-state index is 12.3. The highest BCUT2D eigenvalue weighted by Gasteiger charge is 2.30. The highest BCUT2D eigenvalue weighted by Crippen LogP contribution is 2.28. The van der Waals surface area contributed by atoms with Crippen LogP contribution in [0.3, 0.4) is 0 Å². The van der Waals surface area contributed by atoms with E-state index in [1.165, 1.54) is 0 Å². The summed E-state index contributed by atoms with van der Waals surface area (Å²) in [5.41, 5.74) is 1.25. The van der Waals surface area contributed by atoms with Crippen LogP contribution in [-0.2, 0) is 4.74 Å². The molecular formula is C21H28BrN5O3. The summed E-state index contributed by atoms with van der Waals surface area (Å²) in [4.78, 5) is 25.1. The number of methoxy groups -OCH3 is 1. The van der Waals surface area contributed by atoms with Crippen molar-refractivity contribution >= 4 is 39.2 Å². The van der Waals surface area contributed by atoms with Crippen molar-refractivity contribution in [2.75, 3.05) is 37.0 Å². The molecule has 30 heavy (non-hydrogen) atoms. The molecule has 0 saturated carbocycles. The molecule has 3 heterocycles. The van der Waals surface area contributed by atoms with Crippen molar-refractivity contribution in [3.63, 3.8) is 0 Å². The van der Waals surface area contributed by atoms with Crippen molar-refractivity contribution < 1.29 is 14.3 Å². The van der Waals surface area contributed by atoms with Gasteiger partial charge in [0, 0.05) is 36.3 Å². The second-order valence-electron chi connectivity index (χ2n) is 8.21. The van der Waals surface area contributed by atoms with Gasteiger partial charge < -0.3 is 24.6 Å². The number of anilines is 3. The van der Waals surface area contributed by atoms with Gasteiger partial charge >= 0.3 is 6.09 Å². The Kier molecular flexibility index (Phi) is 6.70. The summed E-state index contributed by atoms with van der Waals surface area (Å²) in [5, 5.41) is 3.23. The van der Waals surface area contributed by atoms with E-state index in [1.807, 2.05) is 45.2 Å². The maximum absolute atomic E-state index is 12.3. The summed E-state index contributed by atoms with van der Waals surface area (Å²) in [6.07, 6.45) is 3.25. The first-order valence-corrected chi connectivity index (χ1v) is 10.6. The van der Waals surface area contributed by atoms with E-state index in [1.54, 1.807) is 18.2 Å². The van der Waals surface area contributed by atoms with Gasteiger partial charge in [0.25, 0.3) is 0 Å². The van der Waals surface area contributed by atoms with Crippen LogP contribution in [0.5, 0.6) is 5.88 Å². The van der Waals surface area contributed by atoms with Crippen LogP contribution < -0.4 is 15.0 Å². The molecule has 1 fully saturated rings. The van der Waals surface area contributed by atoms with E-state index in [4.69, 9.17) is 9.47 Å². The normalized spacial score (nSPS) is 16.9. The summed E-state index contributed by atoms with van der Waals surface area (Å²) in [7, 11) is 1.58. The lowest BCUT2D eigenvalue weighted by molar-refractivity contribution is 0.0219. The van der Waals surface area contributed by atoms with Gasteiger partial charge in [-0.1, -0.05) is 0 Å². The van der Waals surface area contributed by atoms with Crippen molar-refractivity contribution in [1.82, 2.24) is 14.9 Å². The van der Waals surface area contributed by atoms with Crippen LogP contribution in [0.4, 0.5) is 22.0 Å². The number of amides is 1. The van der Waals surface area contributed by atoms with Crippen molar-refractivity contribution in [2.24, 2.45) is 0 Å². The Morgan fingerprint density at radius 1 is 1.23 bits per heavy atom. The average Bonchev–Trinajstić information content (AvgIpc) is 2.67. The lowest BCUT2D eigenvalue weighted by Crippen LogP contribution is -2.54.